The average Bonchev–Trinajstić information content (AvgIpc) is 2.56. The van der Waals surface area contributed by atoms with E-state index >= 15 is 0 Å². The van der Waals surface area contributed by atoms with Gasteiger partial charge in [-0.25, -0.2) is 4.98 Å². The van der Waals surface area contributed by atoms with Crippen LogP contribution in [0.3, 0.4) is 0 Å². The molecule has 1 aromatic heterocycles. The van der Waals surface area contributed by atoms with Crippen LogP contribution >= 0.6 is 0 Å². The van der Waals surface area contributed by atoms with Gasteiger partial charge < -0.3 is 15.5 Å². The van der Waals surface area contributed by atoms with Crippen LogP contribution in [0.4, 0.5) is 5.82 Å². The first-order valence-corrected chi connectivity index (χ1v) is 7.72. The number of hydrogen-bond donors (Lipinski definition) is 2. The molecular weight excluding hydrogens is 286 g/mol. The summed E-state index contributed by atoms with van der Waals surface area (Å²) in [6.07, 6.45) is 1.81. The Morgan fingerprint density at radius 3 is 2.35 bits per heavy atom. The van der Waals surface area contributed by atoms with Crippen LogP contribution in [0.1, 0.15) is 16.7 Å². The van der Waals surface area contributed by atoms with Crippen LogP contribution in [0.15, 0.2) is 47.6 Å². The van der Waals surface area contributed by atoms with Crippen LogP contribution in [0, 0.1) is 6.92 Å². The van der Waals surface area contributed by atoms with E-state index in [-0.39, 0.29) is 0 Å². The summed E-state index contributed by atoms with van der Waals surface area (Å²) in [6.45, 7) is 3.54. The Balaban J connectivity index is 1.95. The largest absolute Gasteiger partial charge is 0.362 e. The highest BCUT2D eigenvalue weighted by molar-refractivity contribution is 5.79. The van der Waals surface area contributed by atoms with Gasteiger partial charge in [0.2, 0.25) is 0 Å². The van der Waals surface area contributed by atoms with Gasteiger partial charge in [-0.1, -0.05) is 30.3 Å². The summed E-state index contributed by atoms with van der Waals surface area (Å²) in [7, 11) is 5.78. The molecule has 0 saturated carbocycles. The Bertz CT molecular complexity index is 664. The Kier molecular flexibility index (Phi) is 5.97. The molecule has 2 aromatic rings. The van der Waals surface area contributed by atoms with Crippen molar-refractivity contribution in [1.29, 1.82) is 0 Å². The van der Waals surface area contributed by atoms with E-state index in [1.807, 2.05) is 31.3 Å². The zero-order chi connectivity index (χ0) is 16.7. The molecule has 0 unspecified atom stereocenters. The number of aliphatic imine (C=N–C) groups is 1. The zero-order valence-corrected chi connectivity index (χ0v) is 14.3. The van der Waals surface area contributed by atoms with Crippen molar-refractivity contribution in [2.45, 2.75) is 20.0 Å². The number of rotatable bonds is 5. The molecule has 0 fully saturated rings. The Hall–Kier alpha value is -2.56. The van der Waals surface area contributed by atoms with Gasteiger partial charge in [-0.2, -0.15) is 0 Å². The van der Waals surface area contributed by atoms with Crippen molar-refractivity contribution in [2.75, 3.05) is 26.0 Å². The van der Waals surface area contributed by atoms with Crippen molar-refractivity contribution in [1.82, 2.24) is 15.6 Å². The van der Waals surface area contributed by atoms with Crippen LogP contribution in [0.5, 0.6) is 0 Å². The Morgan fingerprint density at radius 2 is 1.70 bits per heavy atom. The van der Waals surface area contributed by atoms with Crippen molar-refractivity contribution in [3.8, 4) is 0 Å². The first-order valence-electron chi connectivity index (χ1n) is 7.72. The van der Waals surface area contributed by atoms with Gasteiger partial charge in [0.15, 0.2) is 5.96 Å². The van der Waals surface area contributed by atoms with Crippen molar-refractivity contribution in [2.24, 2.45) is 4.99 Å². The number of nitrogens with zero attached hydrogens (tertiary/aromatic N) is 3. The van der Waals surface area contributed by atoms with Gasteiger partial charge in [0.05, 0.1) is 0 Å². The van der Waals surface area contributed by atoms with Gasteiger partial charge >= 0.3 is 0 Å². The number of aryl methyl sites for hydroxylation is 1. The molecule has 0 aliphatic heterocycles. The number of guanidine groups is 1. The molecule has 122 valence electrons. The number of aromatic nitrogens is 1. The highest BCUT2D eigenvalue weighted by Gasteiger charge is 2.06. The lowest BCUT2D eigenvalue weighted by molar-refractivity contribution is 0.801. The number of benzene rings is 1. The fourth-order valence-corrected chi connectivity index (χ4v) is 2.36. The van der Waals surface area contributed by atoms with Gasteiger partial charge in [-0.05, 0) is 24.1 Å². The lowest BCUT2D eigenvalue weighted by atomic mass is 10.1. The minimum absolute atomic E-state index is 0.675. The predicted molar refractivity (Wildman–Crippen MR) is 96.8 cm³/mol. The van der Waals surface area contributed by atoms with Crippen molar-refractivity contribution < 1.29 is 0 Å². The number of nitrogens with one attached hydrogen (secondary N) is 2. The molecule has 2 N–H and O–H groups in total. The third-order valence-corrected chi connectivity index (χ3v) is 3.67. The zero-order valence-electron chi connectivity index (χ0n) is 14.3. The minimum atomic E-state index is 0.675. The molecule has 0 bridgehead atoms. The molecule has 5 heteroatoms. The van der Waals surface area contributed by atoms with E-state index in [1.54, 1.807) is 7.05 Å². The molecule has 1 aromatic carbocycles. The maximum absolute atomic E-state index is 4.41. The quantitative estimate of drug-likeness (QED) is 0.657. The summed E-state index contributed by atoms with van der Waals surface area (Å²) >= 11 is 0. The van der Waals surface area contributed by atoms with Crippen LogP contribution in [0.2, 0.25) is 0 Å². The molecule has 0 saturated heterocycles. The van der Waals surface area contributed by atoms with Crippen LogP contribution in [-0.4, -0.2) is 32.1 Å². The SMILES string of the molecule is CN=C(NCc1ccccc1C)NCc1cccnc1N(C)C. The van der Waals surface area contributed by atoms with Crippen LogP contribution in [-0.2, 0) is 13.1 Å². The second-order valence-electron chi connectivity index (χ2n) is 5.59. The van der Waals surface area contributed by atoms with Gasteiger partial charge in [-0.3, -0.25) is 4.99 Å². The molecule has 0 spiro atoms. The summed E-state index contributed by atoms with van der Waals surface area (Å²) in [5.74, 6) is 1.75. The van der Waals surface area contributed by atoms with Crippen molar-refractivity contribution >= 4 is 11.8 Å². The van der Waals surface area contributed by atoms with E-state index in [1.165, 1.54) is 11.1 Å². The van der Waals surface area contributed by atoms with Gasteiger partial charge in [0, 0.05) is 46.0 Å². The molecule has 23 heavy (non-hydrogen) atoms. The maximum Gasteiger partial charge on any atom is 0.191 e. The second-order valence-corrected chi connectivity index (χ2v) is 5.59. The van der Waals surface area contributed by atoms with Gasteiger partial charge in [0.25, 0.3) is 0 Å². The first kappa shape index (κ1) is 16.8. The van der Waals surface area contributed by atoms with E-state index < -0.39 is 0 Å². The topological polar surface area (TPSA) is 52.6 Å². The lowest BCUT2D eigenvalue weighted by Gasteiger charge is -2.17. The van der Waals surface area contributed by atoms with Gasteiger partial charge in [0.1, 0.15) is 5.82 Å². The Morgan fingerprint density at radius 1 is 1.04 bits per heavy atom. The summed E-state index contributed by atoms with van der Waals surface area (Å²) in [5, 5.41) is 6.69. The fraction of sp³-hybridized carbons (Fsp3) is 0.333. The highest BCUT2D eigenvalue weighted by atomic mass is 15.2. The van der Waals surface area contributed by atoms with E-state index in [2.05, 4.69) is 57.9 Å². The molecular formula is C18H25N5. The number of anilines is 1. The molecule has 1 heterocycles. The average molecular weight is 311 g/mol. The lowest BCUT2D eigenvalue weighted by Crippen LogP contribution is -2.36. The molecule has 0 aliphatic carbocycles. The molecule has 0 atom stereocenters. The second kappa shape index (κ2) is 8.17. The van der Waals surface area contributed by atoms with E-state index in [9.17, 15) is 0 Å². The third-order valence-electron chi connectivity index (χ3n) is 3.67. The van der Waals surface area contributed by atoms with E-state index in [0.29, 0.717) is 6.54 Å². The molecule has 2 rings (SSSR count). The van der Waals surface area contributed by atoms with Crippen LogP contribution < -0.4 is 15.5 Å². The van der Waals surface area contributed by atoms with Crippen molar-refractivity contribution in [3.05, 3.63) is 59.3 Å². The molecule has 0 radical (unpaired) electrons. The Labute approximate surface area is 138 Å². The van der Waals surface area contributed by atoms with Gasteiger partial charge in [-0.15, -0.1) is 0 Å². The van der Waals surface area contributed by atoms with Crippen molar-refractivity contribution in [3.63, 3.8) is 0 Å². The van der Waals surface area contributed by atoms with E-state index in [0.717, 1.165) is 23.9 Å². The smallest absolute Gasteiger partial charge is 0.191 e. The summed E-state index contributed by atoms with van der Waals surface area (Å²) in [5.41, 5.74) is 3.68. The van der Waals surface area contributed by atoms with Crippen LogP contribution in [0.25, 0.3) is 0 Å². The number of hydrogen-bond acceptors (Lipinski definition) is 3. The third kappa shape index (κ3) is 4.71. The molecule has 0 aliphatic rings. The number of pyridine rings is 1. The minimum Gasteiger partial charge on any atom is -0.362 e. The normalized spacial score (nSPS) is 11.2. The standard InChI is InChI=1S/C18H25N5/c1-14-8-5-6-9-15(14)12-21-18(19-2)22-13-16-10-7-11-20-17(16)23(3)4/h5-11H,12-13H2,1-4H3,(H2,19,21,22). The maximum atomic E-state index is 4.41. The fourth-order valence-electron chi connectivity index (χ4n) is 2.36. The monoisotopic (exact) mass is 311 g/mol. The summed E-state index contributed by atoms with van der Waals surface area (Å²) < 4.78 is 0. The summed E-state index contributed by atoms with van der Waals surface area (Å²) in [4.78, 5) is 10.7. The predicted octanol–water partition coefficient (Wildman–Crippen LogP) is 2.32. The highest BCUT2D eigenvalue weighted by Crippen LogP contribution is 2.13. The molecule has 5 nitrogen and oxygen atoms in total. The molecule has 0 amide bonds. The van der Waals surface area contributed by atoms with E-state index in [4.69, 9.17) is 0 Å². The first-order chi connectivity index (χ1) is 11.1. The summed E-state index contributed by atoms with van der Waals surface area (Å²) in [6, 6.07) is 12.4.